The highest BCUT2D eigenvalue weighted by Crippen LogP contribution is 2.70. The number of hydrogen-bond acceptors (Lipinski definition) is 4. The van der Waals surface area contributed by atoms with Crippen molar-refractivity contribution >= 4 is 5.82 Å². The van der Waals surface area contributed by atoms with Gasteiger partial charge in [-0.2, -0.15) is 28.8 Å². The van der Waals surface area contributed by atoms with Gasteiger partial charge in [-0.1, -0.05) is 0 Å². The largest absolute Gasteiger partial charge is 0.404 e. The van der Waals surface area contributed by atoms with Gasteiger partial charge in [-0.3, -0.25) is 0 Å². The normalized spacial score (nSPS) is 21.4. The first-order chi connectivity index (χ1) is 11.6. The first-order valence-corrected chi connectivity index (χ1v) is 6.83. The molecule has 1 saturated carbocycles. The summed E-state index contributed by atoms with van der Waals surface area (Å²) >= 11 is 0. The third-order valence-corrected chi connectivity index (χ3v) is 4.17. The molecule has 0 radical (unpaired) electrons. The highest BCUT2D eigenvalue weighted by Gasteiger charge is 2.86. The van der Waals surface area contributed by atoms with Gasteiger partial charge < -0.3 is 5.73 Å². The van der Waals surface area contributed by atoms with Crippen molar-refractivity contribution in [3.63, 3.8) is 0 Å². The van der Waals surface area contributed by atoms with Crippen molar-refractivity contribution in [1.82, 2.24) is 9.78 Å². The second kappa shape index (κ2) is 4.93. The topological polar surface area (TPSA) is 91.4 Å². The predicted molar refractivity (Wildman–Crippen MR) is 74.7 cm³/mol. The fourth-order valence-corrected chi connectivity index (χ4v) is 2.81. The number of alkyl halides is 5. The van der Waals surface area contributed by atoms with Crippen molar-refractivity contribution < 1.29 is 22.0 Å². The lowest BCUT2D eigenvalue weighted by Crippen LogP contribution is -2.35. The van der Waals surface area contributed by atoms with E-state index in [9.17, 15) is 22.0 Å². The van der Waals surface area contributed by atoms with E-state index in [0.717, 1.165) is 4.68 Å². The second-order valence-electron chi connectivity index (χ2n) is 5.58. The van der Waals surface area contributed by atoms with Crippen LogP contribution in [0.25, 0.3) is 5.69 Å². The van der Waals surface area contributed by atoms with Crippen molar-refractivity contribution in [1.29, 1.82) is 10.5 Å². The molecular weight excluding hydrogens is 345 g/mol. The third-order valence-electron chi connectivity index (χ3n) is 4.17. The molecule has 3 rings (SSSR count). The van der Waals surface area contributed by atoms with Gasteiger partial charge in [0.1, 0.15) is 11.9 Å². The van der Waals surface area contributed by atoms with E-state index in [0.29, 0.717) is 0 Å². The Morgan fingerprint density at radius 2 is 1.68 bits per heavy atom. The van der Waals surface area contributed by atoms with E-state index in [4.69, 9.17) is 16.3 Å². The summed E-state index contributed by atoms with van der Waals surface area (Å²) < 4.78 is 68.3. The molecule has 1 aromatic heterocycles. The van der Waals surface area contributed by atoms with Gasteiger partial charge in [0, 0.05) is 6.42 Å². The van der Waals surface area contributed by atoms with E-state index in [1.807, 2.05) is 6.07 Å². The van der Waals surface area contributed by atoms with Gasteiger partial charge in [0.15, 0.2) is 11.1 Å². The Balaban J connectivity index is 2.22. The van der Waals surface area contributed by atoms with Crippen LogP contribution in [0.2, 0.25) is 0 Å². The lowest BCUT2D eigenvalue weighted by molar-refractivity contribution is -0.182. The van der Waals surface area contributed by atoms with Crippen LogP contribution in [0.1, 0.15) is 23.2 Å². The number of nitrogens with two attached hydrogens (primary N) is 1. The molecule has 0 aliphatic heterocycles. The average molecular weight is 353 g/mol. The maximum absolute atomic E-state index is 13.7. The number of hydrogen-bond donors (Lipinski definition) is 1. The van der Waals surface area contributed by atoms with Crippen molar-refractivity contribution in [3.05, 3.63) is 41.1 Å². The summed E-state index contributed by atoms with van der Waals surface area (Å²) in [7, 11) is 0. The zero-order valence-electron chi connectivity index (χ0n) is 12.3. The number of nitrogen functional groups attached to an aromatic ring is 1. The van der Waals surface area contributed by atoms with Gasteiger partial charge in [0.25, 0.3) is 5.92 Å². The first kappa shape index (κ1) is 16.7. The second-order valence-corrected chi connectivity index (χ2v) is 5.58. The van der Waals surface area contributed by atoms with E-state index in [-0.39, 0.29) is 11.3 Å². The van der Waals surface area contributed by atoms with Crippen LogP contribution in [0, 0.1) is 22.7 Å². The number of rotatable bonds is 2. The van der Waals surface area contributed by atoms with Gasteiger partial charge in [-0.05, 0) is 24.3 Å². The summed E-state index contributed by atoms with van der Waals surface area (Å²) in [4.78, 5) is 0. The maximum Gasteiger partial charge on any atom is 0.404 e. The molecule has 0 bridgehead atoms. The molecule has 0 spiro atoms. The summed E-state index contributed by atoms with van der Waals surface area (Å²) in [5, 5.41) is 21.5. The summed E-state index contributed by atoms with van der Waals surface area (Å²) in [6.07, 6.45) is -6.78. The van der Waals surface area contributed by atoms with Crippen LogP contribution < -0.4 is 5.73 Å². The fraction of sp³-hybridized carbons (Fsp3) is 0.267. The minimum atomic E-state index is -5.30. The number of halogens is 5. The number of benzene rings is 1. The number of aromatic nitrogens is 2. The van der Waals surface area contributed by atoms with E-state index >= 15 is 0 Å². The highest BCUT2D eigenvalue weighted by molar-refractivity contribution is 5.62. The number of nitriles is 2. The van der Waals surface area contributed by atoms with E-state index < -0.39 is 41.0 Å². The summed E-state index contributed by atoms with van der Waals surface area (Å²) in [6.45, 7) is 0. The van der Waals surface area contributed by atoms with E-state index in [1.54, 1.807) is 0 Å². The molecule has 2 N–H and O–H groups in total. The maximum atomic E-state index is 13.7. The molecule has 25 heavy (non-hydrogen) atoms. The molecule has 0 amide bonds. The molecule has 1 aliphatic carbocycles. The molecule has 1 aliphatic rings. The number of nitrogens with zero attached hydrogens (tertiary/aromatic N) is 4. The molecule has 1 unspecified atom stereocenters. The molecule has 1 heterocycles. The average Bonchev–Trinajstić information content (AvgIpc) is 2.99. The third kappa shape index (κ3) is 2.14. The van der Waals surface area contributed by atoms with Crippen LogP contribution in [0.5, 0.6) is 0 Å². The summed E-state index contributed by atoms with van der Waals surface area (Å²) in [5.74, 6) is -4.75. The smallest absolute Gasteiger partial charge is 0.383 e. The Labute approximate surface area is 137 Å². The van der Waals surface area contributed by atoms with Crippen LogP contribution in [-0.4, -0.2) is 21.9 Å². The summed E-state index contributed by atoms with van der Waals surface area (Å²) in [5.41, 5.74) is 0.751. The molecule has 2 aromatic rings. The van der Waals surface area contributed by atoms with Crippen LogP contribution in [-0.2, 0) is 5.41 Å². The van der Waals surface area contributed by atoms with Gasteiger partial charge >= 0.3 is 6.18 Å². The van der Waals surface area contributed by atoms with E-state index in [2.05, 4.69) is 5.10 Å². The van der Waals surface area contributed by atoms with Crippen LogP contribution in [0.4, 0.5) is 27.8 Å². The molecule has 0 saturated heterocycles. The highest BCUT2D eigenvalue weighted by atomic mass is 19.4. The van der Waals surface area contributed by atoms with Crippen molar-refractivity contribution in [2.24, 2.45) is 0 Å². The Morgan fingerprint density at radius 1 is 1.12 bits per heavy atom. The zero-order chi connectivity index (χ0) is 18.6. The standard InChI is InChI=1S/C15H8F5N5/c16-14(17)7-13(14,15(18,19)20)11-10(6-22)24-25(12(11)23)9-3-1-8(5-21)2-4-9/h1-4H,7,23H2. The van der Waals surface area contributed by atoms with Gasteiger partial charge in [-0.15, -0.1) is 0 Å². The molecule has 5 nitrogen and oxygen atoms in total. The van der Waals surface area contributed by atoms with Gasteiger partial charge in [0.2, 0.25) is 0 Å². The molecule has 1 aromatic carbocycles. The van der Waals surface area contributed by atoms with Gasteiger partial charge in [0.05, 0.1) is 22.9 Å². The SMILES string of the molecule is N#Cc1ccc(-n2nc(C#N)c(C3(C(F)(F)F)CC3(F)F)c2N)cc1. The Bertz CT molecular complexity index is 929. The Hall–Kier alpha value is -3.14. The van der Waals surface area contributed by atoms with Crippen LogP contribution in [0.15, 0.2) is 24.3 Å². The monoisotopic (exact) mass is 353 g/mol. The molecule has 1 fully saturated rings. The molecule has 128 valence electrons. The zero-order valence-corrected chi connectivity index (χ0v) is 12.3. The molecule has 10 heteroatoms. The number of anilines is 1. The van der Waals surface area contributed by atoms with Gasteiger partial charge in [-0.25, -0.2) is 13.5 Å². The van der Waals surface area contributed by atoms with Crippen molar-refractivity contribution in [2.75, 3.05) is 5.73 Å². The molecular formula is C15H8F5N5. The fourth-order valence-electron chi connectivity index (χ4n) is 2.81. The Morgan fingerprint density at radius 3 is 2.08 bits per heavy atom. The minimum Gasteiger partial charge on any atom is -0.383 e. The minimum absolute atomic E-state index is 0.139. The van der Waals surface area contributed by atoms with Crippen molar-refractivity contribution in [3.8, 4) is 17.8 Å². The molecule has 1 atom stereocenters. The van der Waals surface area contributed by atoms with Crippen LogP contribution >= 0.6 is 0 Å². The lowest BCUT2D eigenvalue weighted by atomic mass is 9.94. The summed E-state index contributed by atoms with van der Waals surface area (Å²) in [6, 6.07) is 8.63. The quantitative estimate of drug-likeness (QED) is 0.840. The van der Waals surface area contributed by atoms with E-state index in [1.165, 1.54) is 30.3 Å². The van der Waals surface area contributed by atoms with Crippen LogP contribution in [0.3, 0.4) is 0 Å². The predicted octanol–water partition coefficient (Wildman–Crippen LogP) is 3.04. The first-order valence-electron chi connectivity index (χ1n) is 6.83. The Kier molecular flexibility index (Phi) is 3.29. The van der Waals surface area contributed by atoms with Crippen molar-refractivity contribution in [2.45, 2.75) is 23.9 Å². The lowest BCUT2D eigenvalue weighted by Gasteiger charge is -2.20.